The quantitative estimate of drug-likeness (QED) is 0.612. The number of benzene rings is 1. The van der Waals surface area contributed by atoms with Gasteiger partial charge in [0.1, 0.15) is 12.0 Å². The van der Waals surface area contributed by atoms with Gasteiger partial charge in [0.2, 0.25) is 0 Å². The molecule has 0 aliphatic rings. The van der Waals surface area contributed by atoms with Crippen LogP contribution in [0.15, 0.2) is 49.1 Å². The highest BCUT2D eigenvalue weighted by atomic mass is 35.5. The first-order valence-corrected chi connectivity index (χ1v) is 7.63. The van der Waals surface area contributed by atoms with Gasteiger partial charge in [-0.2, -0.15) is 13.2 Å². The van der Waals surface area contributed by atoms with E-state index >= 15 is 0 Å². The molecular formula is C16H12ClF3N6. The van der Waals surface area contributed by atoms with Crippen LogP contribution in [0.25, 0.3) is 0 Å². The summed E-state index contributed by atoms with van der Waals surface area (Å²) < 4.78 is 38.7. The Kier molecular flexibility index (Phi) is 4.81. The van der Waals surface area contributed by atoms with Crippen molar-refractivity contribution in [2.75, 3.05) is 16.4 Å². The molecule has 0 bridgehead atoms. The summed E-state index contributed by atoms with van der Waals surface area (Å²) in [6.07, 6.45) is -0.0976. The van der Waals surface area contributed by atoms with Crippen LogP contribution in [0.3, 0.4) is 0 Å². The van der Waals surface area contributed by atoms with Crippen molar-refractivity contribution < 1.29 is 13.2 Å². The Labute approximate surface area is 151 Å². The average Bonchev–Trinajstić information content (AvgIpc) is 2.60. The zero-order valence-corrected chi connectivity index (χ0v) is 13.8. The molecule has 3 rings (SSSR count). The zero-order chi connectivity index (χ0) is 18.7. The fourth-order valence-corrected chi connectivity index (χ4v) is 2.26. The summed E-state index contributed by atoms with van der Waals surface area (Å²) in [5, 5.41) is 5.77. The molecule has 134 valence electrons. The highest BCUT2D eigenvalue weighted by Crippen LogP contribution is 2.36. The van der Waals surface area contributed by atoms with Gasteiger partial charge in [0.25, 0.3) is 0 Å². The Balaban J connectivity index is 1.90. The minimum atomic E-state index is -4.49. The Morgan fingerprint density at radius 3 is 2.42 bits per heavy atom. The molecule has 26 heavy (non-hydrogen) atoms. The van der Waals surface area contributed by atoms with Crippen LogP contribution >= 0.6 is 11.6 Å². The molecule has 0 unspecified atom stereocenters. The van der Waals surface area contributed by atoms with Gasteiger partial charge in [0, 0.05) is 6.20 Å². The number of hydrogen-bond donors (Lipinski definition) is 3. The first kappa shape index (κ1) is 17.7. The van der Waals surface area contributed by atoms with E-state index in [9.17, 15) is 13.2 Å². The number of anilines is 5. The molecule has 10 heteroatoms. The van der Waals surface area contributed by atoms with Gasteiger partial charge in [0.05, 0.1) is 28.2 Å². The Hall–Kier alpha value is -3.07. The summed E-state index contributed by atoms with van der Waals surface area (Å²) in [6.45, 7) is 0. The lowest BCUT2D eigenvalue weighted by molar-refractivity contribution is -0.137. The molecule has 0 saturated heterocycles. The van der Waals surface area contributed by atoms with E-state index in [1.807, 2.05) is 0 Å². The fourth-order valence-electron chi connectivity index (χ4n) is 2.09. The molecule has 4 N–H and O–H groups in total. The maximum Gasteiger partial charge on any atom is 0.416 e. The lowest BCUT2D eigenvalue weighted by Crippen LogP contribution is -2.08. The van der Waals surface area contributed by atoms with E-state index in [2.05, 4.69) is 25.6 Å². The third kappa shape index (κ3) is 3.94. The number of nitrogens with zero attached hydrogens (tertiary/aromatic N) is 3. The highest BCUT2D eigenvalue weighted by Gasteiger charge is 2.31. The summed E-state index contributed by atoms with van der Waals surface area (Å²) in [7, 11) is 0. The number of hydrogen-bond acceptors (Lipinski definition) is 6. The molecule has 0 aliphatic heterocycles. The van der Waals surface area contributed by atoms with Crippen molar-refractivity contribution in [2.45, 2.75) is 6.18 Å². The van der Waals surface area contributed by atoms with E-state index < -0.39 is 11.7 Å². The van der Waals surface area contributed by atoms with Crippen LogP contribution in [0.1, 0.15) is 5.56 Å². The van der Waals surface area contributed by atoms with Crippen LogP contribution in [-0.4, -0.2) is 15.0 Å². The molecule has 0 aliphatic carbocycles. The van der Waals surface area contributed by atoms with Crippen LogP contribution in [0.2, 0.25) is 5.02 Å². The number of nitrogens with one attached hydrogen (secondary N) is 2. The predicted molar refractivity (Wildman–Crippen MR) is 93.7 cm³/mol. The topological polar surface area (TPSA) is 88.8 Å². The molecule has 2 aromatic heterocycles. The monoisotopic (exact) mass is 380 g/mol. The molecule has 0 saturated carbocycles. The molecule has 2 heterocycles. The number of nitrogens with two attached hydrogens (primary N) is 1. The fraction of sp³-hybridized carbons (Fsp3) is 0.0625. The highest BCUT2D eigenvalue weighted by molar-refractivity contribution is 6.33. The zero-order valence-electron chi connectivity index (χ0n) is 13.0. The number of alkyl halides is 3. The molecular weight excluding hydrogens is 369 g/mol. The van der Waals surface area contributed by atoms with E-state index in [1.54, 1.807) is 24.5 Å². The van der Waals surface area contributed by atoms with Crippen LogP contribution in [0.5, 0.6) is 0 Å². The van der Waals surface area contributed by atoms with Gasteiger partial charge in [-0.15, -0.1) is 0 Å². The predicted octanol–water partition coefficient (Wildman–Crippen LogP) is 4.61. The number of nitrogen functional groups attached to an aromatic ring is 1. The van der Waals surface area contributed by atoms with Crippen molar-refractivity contribution in [2.24, 2.45) is 0 Å². The van der Waals surface area contributed by atoms with E-state index in [0.29, 0.717) is 5.69 Å². The van der Waals surface area contributed by atoms with Gasteiger partial charge < -0.3 is 16.4 Å². The molecule has 0 amide bonds. The standard InChI is InChI=1S/C16H12ClF3N6/c17-11-4-3-9(16(18,19)20)6-12(11)26-15-13(21)14(23-8-24-15)25-10-2-1-5-22-7-10/h1-8H,21H2,(H2,23,24,25,26). The van der Waals surface area contributed by atoms with Crippen molar-refractivity contribution in [1.82, 2.24) is 15.0 Å². The maximum atomic E-state index is 12.9. The minimum absolute atomic E-state index is 0.0271. The summed E-state index contributed by atoms with van der Waals surface area (Å²) in [5.41, 5.74) is 5.96. The summed E-state index contributed by atoms with van der Waals surface area (Å²) in [4.78, 5) is 12.0. The molecule has 1 aromatic carbocycles. The van der Waals surface area contributed by atoms with Gasteiger partial charge >= 0.3 is 6.18 Å². The maximum absolute atomic E-state index is 12.9. The van der Waals surface area contributed by atoms with Crippen molar-refractivity contribution in [1.29, 1.82) is 0 Å². The van der Waals surface area contributed by atoms with Gasteiger partial charge in [-0.3, -0.25) is 4.98 Å². The number of halogens is 4. The van der Waals surface area contributed by atoms with Crippen molar-refractivity contribution in [3.63, 3.8) is 0 Å². The second-order valence-corrected chi connectivity index (χ2v) is 5.58. The van der Waals surface area contributed by atoms with Gasteiger partial charge in [-0.1, -0.05) is 11.6 Å². The van der Waals surface area contributed by atoms with Crippen molar-refractivity contribution >= 4 is 40.3 Å². The van der Waals surface area contributed by atoms with E-state index in [-0.39, 0.29) is 28.0 Å². The average molecular weight is 381 g/mol. The summed E-state index contributed by atoms with van der Waals surface area (Å²) in [6, 6.07) is 6.41. The molecule has 0 radical (unpaired) electrons. The van der Waals surface area contributed by atoms with Crippen molar-refractivity contribution in [3.8, 4) is 0 Å². The first-order chi connectivity index (χ1) is 12.3. The molecule has 0 spiro atoms. The van der Waals surface area contributed by atoms with E-state index in [4.69, 9.17) is 17.3 Å². The van der Waals surface area contributed by atoms with Crippen LogP contribution < -0.4 is 16.4 Å². The Morgan fingerprint density at radius 1 is 1.04 bits per heavy atom. The second kappa shape index (κ2) is 7.04. The second-order valence-electron chi connectivity index (χ2n) is 5.17. The number of aromatic nitrogens is 3. The smallest absolute Gasteiger partial charge is 0.393 e. The van der Waals surface area contributed by atoms with Gasteiger partial charge in [-0.25, -0.2) is 9.97 Å². The summed E-state index contributed by atoms with van der Waals surface area (Å²) >= 11 is 5.98. The van der Waals surface area contributed by atoms with E-state index in [0.717, 1.165) is 18.2 Å². The molecule has 3 aromatic rings. The van der Waals surface area contributed by atoms with Crippen LogP contribution in [0.4, 0.5) is 41.9 Å². The SMILES string of the molecule is Nc1c(Nc2cccnc2)ncnc1Nc1cc(C(F)(F)F)ccc1Cl. The molecule has 0 atom stereocenters. The van der Waals surface area contributed by atoms with Crippen LogP contribution in [-0.2, 0) is 6.18 Å². The van der Waals surface area contributed by atoms with Gasteiger partial charge in [0.15, 0.2) is 11.6 Å². The van der Waals surface area contributed by atoms with E-state index in [1.165, 1.54) is 6.33 Å². The third-order valence-electron chi connectivity index (χ3n) is 3.35. The first-order valence-electron chi connectivity index (χ1n) is 7.26. The third-order valence-corrected chi connectivity index (χ3v) is 3.68. The van der Waals surface area contributed by atoms with Gasteiger partial charge in [-0.05, 0) is 30.3 Å². The minimum Gasteiger partial charge on any atom is -0.393 e. The molecule has 6 nitrogen and oxygen atoms in total. The normalized spacial score (nSPS) is 11.2. The lowest BCUT2D eigenvalue weighted by atomic mass is 10.2. The summed E-state index contributed by atoms with van der Waals surface area (Å²) in [5.74, 6) is 0.395. The Morgan fingerprint density at radius 2 is 1.77 bits per heavy atom. The number of pyridine rings is 1. The lowest BCUT2D eigenvalue weighted by Gasteiger charge is -2.14. The number of rotatable bonds is 4. The van der Waals surface area contributed by atoms with Crippen molar-refractivity contribution in [3.05, 3.63) is 59.6 Å². The Bertz CT molecular complexity index is 918. The van der Waals surface area contributed by atoms with Crippen LogP contribution in [0, 0.1) is 0 Å². The molecule has 0 fully saturated rings. The largest absolute Gasteiger partial charge is 0.416 e.